The molecule has 2 heterocycles. The van der Waals surface area contributed by atoms with Crippen LogP contribution < -0.4 is 5.32 Å². The number of hydrogen-bond acceptors (Lipinski definition) is 7. The Bertz CT molecular complexity index is 558. The molecule has 22 heavy (non-hydrogen) atoms. The van der Waals surface area contributed by atoms with Crippen LogP contribution in [0, 0.1) is 0 Å². The van der Waals surface area contributed by atoms with E-state index in [-0.39, 0.29) is 11.6 Å². The van der Waals surface area contributed by atoms with Gasteiger partial charge in [0.1, 0.15) is 5.60 Å². The molecule has 1 atom stereocenters. The van der Waals surface area contributed by atoms with Gasteiger partial charge in [0.2, 0.25) is 0 Å². The van der Waals surface area contributed by atoms with Crippen LogP contribution in [0.4, 0.5) is 9.93 Å². The van der Waals surface area contributed by atoms with Gasteiger partial charge in [0.05, 0.1) is 13.7 Å². The molecule has 1 aliphatic heterocycles. The summed E-state index contributed by atoms with van der Waals surface area (Å²) >= 11 is 1.25. The average molecular weight is 328 g/mol. The first-order chi connectivity index (χ1) is 10.3. The molecule has 0 bridgehead atoms. The zero-order valence-corrected chi connectivity index (χ0v) is 13.9. The highest BCUT2D eigenvalue weighted by Crippen LogP contribution is 2.35. The molecule has 1 unspecified atom stereocenters. The molecule has 1 saturated heterocycles. The number of methoxy groups -OCH3 is 1. The molecule has 0 aromatic carbocycles. The fraction of sp³-hybridized carbons (Fsp3) is 0.643. The third-order valence-corrected chi connectivity index (χ3v) is 4.07. The van der Waals surface area contributed by atoms with Crippen LogP contribution in [-0.4, -0.2) is 43.0 Å². The Labute approximate surface area is 133 Å². The van der Waals surface area contributed by atoms with Gasteiger partial charge in [-0.05, 0) is 27.2 Å². The predicted molar refractivity (Wildman–Crippen MR) is 81.5 cm³/mol. The summed E-state index contributed by atoms with van der Waals surface area (Å²) in [6, 6.07) is 0. The van der Waals surface area contributed by atoms with Gasteiger partial charge in [-0.15, -0.1) is 11.3 Å². The Morgan fingerprint density at radius 2 is 2.14 bits per heavy atom. The van der Waals surface area contributed by atoms with E-state index in [0.717, 1.165) is 11.3 Å². The number of carbonyl (C=O) groups excluding carboxylic acids is 2. The summed E-state index contributed by atoms with van der Waals surface area (Å²) < 4.78 is 15.3. The van der Waals surface area contributed by atoms with Gasteiger partial charge in [-0.25, -0.2) is 14.6 Å². The van der Waals surface area contributed by atoms with E-state index in [4.69, 9.17) is 14.2 Å². The Morgan fingerprint density at radius 1 is 1.41 bits per heavy atom. The second kappa shape index (κ2) is 6.62. The fourth-order valence-corrected chi connectivity index (χ4v) is 3.10. The number of amides is 1. The van der Waals surface area contributed by atoms with E-state index < -0.39 is 17.7 Å². The number of anilines is 1. The Balaban J connectivity index is 2.18. The Morgan fingerprint density at radius 3 is 2.68 bits per heavy atom. The van der Waals surface area contributed by atoms with Crippen molar-refractivity contribution in [2.45, 2.75) is 38.7 Å². The number of thiazole rings is 1. The maximum absolute atomic E-state index is 11.9. The molecule has 0 aliphatic carbocycles. The zero-order valence-electron chi connectivity index (χ0n) is 13.1. The summed E-state index contributed by atoms with van der Waals surface area (Å²) in [7, 11) is 1.30. The van der Waals surface area contributed by atoms with E-state index in [0.29, 0.717) is 18.3 Å². The molecule has 122 valence electrons. The van der Waals surface area contributed by atoms with Crippen LogP contribution >= 0.6 is 11.3 Å². The summed E-state index contributed by atoms with van der Waals surface area (Å²) in [4.78, 5) is 28.6. The lowest BCUT2D eigenvalue weighted by atomic mass is 10.1. The lowest BCUT2D eigenvalue weighted by Gasteiger charge is -2.18. The molecule has 1 fully saturated rings. The summed E-state index contributed by atoms with van der Waals surface area (Å²) in [5.41, 5.74) is -0.372. The van der Waals surface area contributed by atoms with Crippen LogP contribution in [0.2, 0.25) is 0 Å². The minimum absolute atomic E-state index is 0.0980. The standard InChI is InChI=1S/C14H20N2O5S/c1-14(2,3)21-13(18)16-12-15-9(11(17)19-4)10(22-12)8-5-6-20-7-8/h8H,5-7H2,1-4H3,(H,15,16,18). The van der Waals surface area contributed by atoms with E-state index in [9.17, 15) is 9.59 Å². The van der Waals surface area contributed by atoms with Crippen LogP contribution in [0.25, 0.3) is 0 Å². The van der Waals surface area contributed by atoms with Gasteiger partial charge < -0.3 is 14.2 Å². The van der Waals surface area contributed by atoms with Crippen LogP contribution in [0.1, 0.15) is 48.5 Å². The van der Waals surface area contributed by atoms with Crippen molar-refractivity contribution in [3.63, 3.8) is 0 Å². The molecule has 0 spiro atoms. The van der Waals surface area contributed by atoms with Crippen LogP contribution in [0.15, 0.2) is 0 Å². The molecular formula is C14H20N2O5S. The number of rotatable bonds is 3. The van der Waals surface area contributed by atoms with Crippen molar-refractivity contribution in [3.05, 3.63) is 10.6 Å². The van der Waals surface area contributed by atoms with Crippen molar-refractivity contribution in [2.24, 2.45) is 0 Å². The number of esters is 1. The van der Waals surface area contributed by atoms with Crippen LogP contribution in [0.3, 0.4) is 0 Å². The minimum Gasteiger partial charge on any atom is -0.464 e. The van der Waals surface area contributed by atoms with E-state index in [2.05, 4.69) is 10.3 Å². The lowest BCUT2D eigenvalue weighted by molar-refractivity contribution is 0.0588. The molecule has 0 radical (unpaired) electrons. The SMILES string of the molecule is COC(=O)c1nc(NC(=O)OC(C)(C)C)sc1C1CCOC1. The second-order valence-electron chi connectivity index (χ2n) is 5.91. The topological polar surface area (TPSA) is 86.8 Å². The minimum atomic E-state index is -0.605. The fourth-order valence-electron chi connectivity index (χ4n) is 2.04. The van der Waals surface area contributed by atoms with Crippen molar-refractivity contribution in [3.8, 4) is 0 Å². The number of aromatic nitrogens is 1. The third kappa shape index (κ3) is 4.17. The van der Waals surface area contributed by atoms with Gasteiger partial charge >= 0.3 is 12.1 Å². The number of hydrogen-bond donors (Lipinski definition) is 1. The third-order valence-electron chi connectivity index (χ3n) is 2.94. The monoisotopic (exact) mass is 328 g/mol. The van der Waals surface area contributed by atoms with Gasteiger partial charge in [0.15, 0.2) is 10.8 Å². The van der Waals surface area contributed by atoms with Crippen molar-refractivity contribution in [1.29, 1.82) is 0 Å². The van der Waals surface area contributed by atoms with E-state index in [1.165, 1.54) is 18.4 Å². The van der Waals surface area contributed by atoms with E-state index in [1.54, 1.807) is 20.8 Å². The highest BCUT2D eigenvalue weighted by molar-refractivity contribution is 7.16. The first-order valence-corrected chi connectivity index (χ1v) is 7.78. The molecule has 1 aromatic rings. The molecule has 7 nitrogen and oxygen atoms in total. The molecule has 2 rings (SSSR count). The molecule has 1 amide bonds. The zero-order chi connectivity index (χ0) is 16.3. The smallest absolute Gasteiger partial charge is 0.413 e. The van der Waals surface area contributed by atoms with E-state index >= 15 is 0 Å². The van der Waals surface area contributed by atoms with Crippen LogP contribution in [-0.2, 0) is 14.2 Å². The van der Waals surface area contributed by atoms with Crippen molar-refractivity contribution in [1.82, 2.24) is 4.98 Å². The quantitative estimate of drug-likeness (QED) is 0.859. The van der Waals surface area contributed by atoms with Crippen molar-refractivity contribution < 1.29 is 23.8 Å². The number of ether oxygens (including phenoxy) is 3. The maximum Gasteiger partial charge on any atom is 0.413 e. The summed E-state index contributed by atoms with van der Waals surface area (Å²) in [6.45, 7) is 6.51. The van der Waals surface area contributed by atoms with Crippen molar-refractivity contribution >= 4 is 28.5 Å². The lowest BCUT2D eigenvalue weighted by Crippen LogP contribution is -2.27. The van der Waals surface area contributed by atoms with Crippen molar-refractivity contribution in [2.75, 3.05) is 25.6 Å². The van der Waals surface area contributed by atoms with E-state index in [1.807, 2.05) is 0 Å². The molecule has 1 aromatic heterocycles. The number of nitrogens with one attached hydrogen (secondary N) is 1. The van der Waals surface area contributed by atoms with Gasteiger partial charge in [0, 0.05) is 17.4 Å². The maximum atomic E-state index is 11.9. The average Bonchev–Trinajstić information content (AvgIpc) is 3.03. The molecular weight excluding hydrogens is 308 g/mol. The number of nitrogens with zero attached hydrogens (tertiary/aromatic N) is 1. The second-order valence-corrected chi connectivity index (χ2v) is 6.94. The molecule has 1 N–H and O–H groups in total. The molecule has 1 aliphatic rings. The summed E-state index contributed by atoms with van der Waals surface area (Å²) in [5.74, 6) is -0.420. The van der Waals surface area contributed by atoms with Gasteiger partial charge in [0.25, 0.3) is 0 Å². The largest absolute Gasteiger partial charge is 0.464 e. The summed E-state index contributed by atoms with van der Waals surface area (Å²) in [6.07, 6.45) is 0.213. The number of carbonyl (C=O) groups is 2. The van der Waals surface area contributed by atoms with Gasteiger partial charge in [-0.1, -0.05) is 0 Å². The Kier molecular flexibility index (Phi) is 5.02. The molecule has 0 saturated carbocycles. The summed E-state index contributed by atoms with van der Waals surface area (Å²) in [5, 5.41) is 2.88. The normalized spacial score (nSPS) is 18.1. The highest BCUT2D eigenvalue weighted by atomic mass is 32.1. The first kappa shape index (κ1) is 16.7. The van der Waals surface area contributed by atoms with Gasteiger partial charge in [-0.3, -0.25) is 5.32 Å². The highest BCUT2D eigenvalue weighted by Gasteiger charge is 2.29. The van der Waals surface area contributed by atoms with Gasteiger partial charge in [-0.2, -0.15) is 0 Å². The first-order valence-electron chi connectivity index (χ1n) is 6.97. The molecule has 8 heteroatoms. The Hall–Kier alpha value is -1.67. The predicted octanol–water partition coefficient (Wildman–Crippen LogP) is 2.78. The van der Waals surface area contributed by atoms with Crippen LogP contribution in [0.5, 0.6) is 0 Å².